The molecule has 6 heteroatoms. The van der Waals surface area contributed by atoms with Gasteiger partial charge in [-0.05, 0) is 83.5 Å². The molecule has 0 aliphatic rings. The summed E-state index contributed by atoms with van der Waals surface area (Å²) in [5, 5.41) is 23.7. The largest absolute Gasteiger partial charge is 0.462 e. The Balaban J connectivity index is 4.65. The van der Waals surface area contributed by atoms with Crippen molar-refractivity contribution in [1.29, 1.82) is 0 Å². The van der Waals surface area contributed by atoms with Crippen LogP contribution in [0.3, 0.4) is 0 Å². The van der Waals surface area contributed by atoms with Crippen LogP contribution in [0, 0.1) is 0 Å². The molecule has 0 spiro atoms. The number of ether oxygens (including phenoxy) is 1. The molecule has 0 aromatic heterocycles. The summed E-state index contributed by atoms with van der Waals surface area (Å²) in [6.07, 6.45) is 57.0. The predicted molar refractivity (Wildman–Crippen MR) is 255 cm³/mol. The van der Waals surface area contributed by atoms with Gasteiger partial charge < -0.3 is 20.3 Å². The molecule has 0 radical (unpaired) electrons. The fourth-order valence-corrected chi connectivity index (χ4v) is 7.32. The summed E-state index contributed by atoms with van der Waals surface area (Å²) >= 11 is 0. The standard InChI is InChI=1S/C53H95NO5/c1-4-7-10-13-16-19-22-24-26-28-31-34-37-40-43-46-53(58)59-49(44-41-38-35-32-30-27-25-23-20-17-14-11-8-5-2)47-52(57)54-50(48-55)51(56)45-42-39-36-33-29-21-18-15-12-9-6-3/h8,11,16-17,19-20,22,24-25,27,49-51,55-56H,4-7,9-10,12-15,18,21,23,26,28-48H2,1-3H3,(H,54,57)/b11-8+,19-16+,20-17+,24-22+,27-25+. The van der Waals surface area contributed by atoms with E-state index in [1.54, 1.807) is 0 Å². The number of esters is 1. The summed E-state index contributed by atoms with van der Waals surface area (Å²) in [6, 6.07) is -0.711. The van der Waals surface area contributed by atoms with E-state index in [4.69, 9.17) is 4.74 Å². The van der Waals surface area contributed by atoms with E-state index >= 15 is 0 Å². The number of nitrogens with one attached hydrogen (secondary N) is 1. The third-order valence-electron chi connectivity index (χ3n) is 11.1. The number of unbranched alkanes of at least 4 members (excludes halogenated alkanes) is 23. The van der Waals surface area contributed by atoms with Crippen LogP contribution in [0.4, 0.5) is 0 Å². The molecule has 3 unspecified atom stereocenters. The Morgan fingerprint density at radius 1 is 0.525 bits per heavy atom. The van der Waals surface area contributed by atoms with Crippen molar-refractivity contribution in [1.82, 2.24) is 5.32 Å². The monoisotopic (exact) mass is 826 g/mol. The van der Waals surface area contributed by atoms with Gasteiger partial charge in [0.25, 0.3) is 0 Å². The van der Waals surface area contributed by atoms with Crippen LogP contribution in [0.15, 0.2) is 60.8 Å². The third-order valence-corrected chi connectivity index (χ3v) is 11.1. The molecule has 0 rings (SSSR count). The lowest BCUT2D eigenvalue weighted by Crippen LogP contribution is -2.46. The molecule has 342 valence electrons. The minimum absolute atomic E-state index is 0.0565. The van der Waals surface area contributed by atoms with Crippen LogP contribution >= 0.6 is 0 Å². The van der Waals surface area contributed by atoms with Crippen LogP contribution in [-0.2, 0) is 14.3 Å². The molecule has 0 saturated carbocycles. The van der Waals surface area contributed by atoms with Crippen molar-refractivity contribution in [3.63, 3.8) is 0 Å². The number of carbonyl (C=O) groups excluding carboxylic acids is 2. The third kappa shape index (κ3) is 42.1. The van der Waals surface area contributed by atoms with Gasteiger partial charge in [0.15, 0.2) is 0 Å². The van der Waals surface area contributed by atoms with Crippen LogP contribution in [0.5, 0.6) is 0 Å². The van der Waals surface area contributed by atoms with E-state index in [-0.39, 0.29) is 24.9 Å². The van der Waals surface area contributed by atoms with Gasteiger partial charge >= 0.3 is 5.97 Å². The van der Waals surface area contributed by atoms with Crippen molar-refractivity contribution in [2.24, 2.45) is 0 Å². The molecule has 1 amide bonds. The predicted octanol–water partition coefficient (Wildman–Crippen LogP) is 14.8. The van der Waals surface area contributed by atoms with E-state index in [2.05, 4.69) is 86.8 Å². The highest BCUT2D eigenvalue weighted by Gasteiger charge is 2.24. The van der Waals surface area contributed by atoms with Gasteiger partial charge in [0.1, 0.15) is 6.10 Å². The highest BCUT2D eigenvalue weighted by atomic mass is 16.5. The van der Waals surface area contributed by atoms with Crippen molar-refractivity contribution in [2.75, 3.05) is 6.61 Å². The van der Waals surface area contributed by atoms with Gasteiger partial charge in [-0.25, -0.2) is 0 Å². The number of aliphatic hydroxyl groups excluding tert-OH is 2. The van der Waals surface area contributed by atoms with Gasteiger partial charge in [0.2, 0.25) is 5.91 Å². The van der Waals surface area contributed by atoms with Crippen molar-refractivity contribution in [2.45, 2.75) is 257 Å². The summed E-state index contributed by atoms with van der Waals surface area (Å²) in [5.41, 5.74) is 0. The van der Waals surface area contributed by atoms with Gasteiger partial charge in [-0.2, -0.15) is 0 Å². The molecule has 0 saturated heterocycles. The van der Waals surface area contributed by atoms with Crippen molar-refractivity contribution in [3.8, 4) is 0 Å². The fraction of sp³-hybridized carbons (Fsp3) is 0.774. The first-order chi connectivity index (χ1) is 29.0. The number of hydrogen-bond acceptors (Lipinski definition) is 5. The summed E-state index contributed by atoms with van der Waals surface area (Å²) in [7, 11) is 0. The number of carbonyl (C=O) groups is 2. The van der Waals surface area contributed by atoms with Gasteiger partial charge in [0, 0.05) is 6.42 Å². The Kier molecular flexibility index (Phi) is 44.7. The first kappa shape index (κ1) is 56.6. The van der Waals surface area contributed by atoms with Crippen LogP contribution in [-0.4, -0.2) is 46.9 Å². The fourth-order valence-electron chi connectivity index (χ4n) is 7.32. The number of hydrogen-bond donors (Lipinski definition) is 3. The molecule has 0 fully saturated rings. The molecule has 59 heavy (non-hydrogen) atoms. The topological polar surface area (TPSA) is 95.9 Å². The molecule has 0 aromatic carbocycles. The van der Waals surface area contributed by atoms with Crippen LogP contribution in [0.25, 0.3) is 0 Å². The SMILES string of the molecule is CC/C=C/C/C=C/C/C=C/CCCCCCC(CC(=O)NC(CO)C(O)CCCCCCCCCCCCC)OC(=O)CCCCCCCC/C=C/C=C/CCCCC. The van der Waals surface area contributed by atoms with Crippen LogP contribution < -0.4 is 5.32 Å². The van der Waals surface area contributed by atoms with E-state index in [9.17, 15) is 19.8 Å². The molecular weight excluding hydrogens is 731 g/mol. The van der Waals surface area contributed by atoms with E-state index in [1.807, 2.05) is 0 Å². The molecule has 0 heterocycles. The van der Waals surface area contributed by atoms with E-state index in [0.717, 1.165) is 96.3 Å². The molecule has 0 bridgehead atoms. The second-order valence-corrected chi connectivity index (χ2v) is 16.9. The molecular formula is C53H95NO5. The molecule has 3 N–H and O–H groups in total. The van der Waals surface area contributed by atoms with Crippen molar-refractivity contribution < 1.29 is 24.5 Å². The first-order valence-electron chi connectivity index (χ1n) is 25.0. The lowest BCUT2D eigenvalue weighted by molar-refractivity contribution is -0.151. The Labute approximate surface area is 365 Å². The second kappa shape index (κ2) is 46.6. The highest BCUT2D eigenvalue weighted by molar-refractivity contribution is 5.77. The molecule has 6 nitrogen and oxygen atoms in total. The molecule has 0 aliphatic heterocycles. The van der Waals surface area contributed by atoms with Gasteiger partial charge in [-0.1, -0.05) is 204 Å². The lowest BCUT2D eigenvalue weighted by atomic mass is 10.0. The smallest absolute Gasteiger partial charge is 0.306 e. The number of amides is 1. The minimum Gasteiger partial charge on any atom is -0.462 e. The number of allylic oxidation sites excluding steroid dienone is 10. The van der Waals surface area contributed by atoms with Crippen LogP contribution in [0.2, 0.25) is 0 Å². The zero-order valence-corrected chi connectivity index (χ0v) is 38.9. The van der Waals surface area contributed by atoms with E-state index in [0.29, 0.717) is 19.3 Å². The lowest BCUT2D eigenvalue weighted by Gasteiger charge is -2.24. The maximum absolute atomic E-state index is 13.2. The minimum atomic E-state index is -0.796. The van der Waals surface area contributed by atoms with Crippen molar-refractivity contribution >= 4 is 11.9 Å². The molecule has 0 aromatic rings. The zero-order chi connectivity index (χ0) is 43.1. The average molecular weight is 826 g/mol. The van der Waals surface area contributed by atoms with Crippen LogP contribution in [0.1, 0.15) is 239 Å². The van der Waals surface area contributed by atoms with Crippen molar-refractivity contribution in [3.05, 3.63) is 60.8 Å². The Hall–Kier alpha value is -2.44. The van der Waals surface area contributed by atoms with Gasteiger partial charge in [0.05, 0.1) is 25.2 Å². The normalized spacial score (nSPS) is 13.8. The number of aliphatic hydroxyl groups is 2. The van der Waals surface area contributed by atoms with Gasteiger partial charge in [-0.3, -0.25) is 9.59 Å². The first-order valence-corrected chi connectivity index (χ1v) is 25.0. The zero-order valence-electron chi connectivity index (χ0n) is 38.9. The molecule has 3 atom stereocenters. The average Bonchev–Trinajstić information content (AvgIpc) is 3.23. The maximum atomic E-state index is 13.2. The Morgan fingerprint density at radius 2 is 0.966 bits per heavy atom. The summed E-state index contributed by atoms with van der Waals surface area (Å²) in [5.74, 6) is -0.509. The summed E-state index contributed by atoms with van der Waals surface area (Å²) in [4.78, 5) is 26.1. The maximum Gasteiger partial charge on any atom is 0.306 e. The quantitative estimate of drug-likeness (QED) is 0.0246. The van der Waals surface area contributed by atoms with E-state index < -0.39 is 18.2 Å². The van der Waals surface area contributed by atoms with Gasteiger partial charge in [-0.15, -0.1) is 0 Å². The Morgan fingerprint density at radius 3 is 1.53 bits per heavy atom. The summed E-state index contributed by atoms with van der Waals surface area (Å²) < 4.78 is 5.91. The second-order valence-electron chi connectivity index (χ2n) is 16.9. The van der Waals surface area contributed by atoms with E-state index in [1.165, 1.54) is 96.3 Å². The highest BCUT2D eigenvalue weighted by Crippen LogP contribution is 2.17. The summed E-state index contributed by atoms with van der Waals surface area (Å²) in [6.45, 7) is 6.32. The Bertz CT molecular complexity index is 1060. The number of rotatable bonds is 44. The molecule has 0 aliphatic carbocycles.